The number of hydrogen-bond acceptors (Lipinski definition) is 6. The first-order valence-corrected chi connectivity index (χ1v) is 12.9. The van der Waals surface area contributed by atoms with Gasteiger partial charge in [-0.1, -0.05) is 30.3 Å². The fourth-order valence-electron chi connectivity index (χ4n) is 4.50. The summed E-state index contributed by atoms with van der Waals surface area (Å²) < 4.78 is 5.36. The van der Waals surface area contributed by atoms with E-state index < -0.39 is 0 Å². The second-order valence-corrected chi connectivity index (χ2v) is 9.86. The zero-order valence-corrected chi connectivity index (χ0v) is 21.2. The van der Waals surface area contributed by atoms with Gasteiger partial charge in [0.25, 0.3) is 0 Å². The van der Waals surface area contributed by atoms with E-state index in [0.29, 0.717) is 18.2 Å². The highest BCUT2D eigenvalue weighted by Crippen LogP contribution is 2.39. The zero-order valence-electron chi connectivity index (χ0n) is 21.2. The van der Waals surface area contributed by atoms with E-state index in [9.17, 15) is 9.59 Å². The molecule has 2 fully saturated rings. The van der Waals surface area contributed by atoms with Crippen molar-refractivity contribution in [2.75, 3.05) is 38.2 Å². The number of ketones is 1. The summed E-state index contributed by atoms with van der Waals surface area (Å²) in [7, 11) is 0. The highest BCUT2D eigenvalue weighted by molar-refractivity contribution is 5.95. The molecule has 1 saturated carbocycles. The van der Waals surface area contributed by atoms with Crippen molar-refractivity contribution in [3.63, 3.8) is 0 Å². The lowest BCUT2D eigenvalue weighted by Gasteiger charge is -2.25. The Morgan fingerprint density at radius 2 is 2.00 bits per heavy atom. The first kappa shape index (κ1) is 25.0. The van der Waals surface area contributed by atoms with E-state index >= 15 is 0 Å². The number of nitrogens with one attached hydrogen (secondary N) is 2. The number of ether oxygens (including phenoxy) is 1. The quantitative estimate of drug-likeness (QED) is 0.408. The van der Waals surface area contributed by atoms with Gasteiger partial charge in [-0.25, -0.2) is 0 Å². The Kier molecular flexibility index (Phi) is 7.87. The number of H-pyrrole nitrogens is 1. The van der Waals surface area contributed by atoms with Gasteiger partial charge < -0.3 is 10.1 Å². The Morgan fingerprint density at radius 3 is 2.81 bits per heavy atom. The molecule has 8 nitrogen and oxygen atoms in total. The lowest BCUT2D eigenvalue weighted by atomic mass is 9.95. The summed E-state index contributed by atoms with van der Waals surface area (Å²) in [6, 6.07) is 11.8. The van der Waals surface area contributed by atoms with Crippen LogP contribution in [0.1, 0.15) is 48.4 Å². The summed E-state index contributed by atoms with van der Waals surface area (Å²) in [6.45, 7) is 5.93. The van der Waals surface area contributed by atoms with Crippen LogP contribution in [0.25, 0.3) is 11.1 Å². The topological polar surface area (TPSA) is 100 Å². The molecule has 8 heteroatoms. The average Bonchev–Trinajstić information content (AvgIpc) is 3.67. The number of carbonyl (C=O) groups excluding carboxylic acids is 2. The molecule has 0 spiro atoms. The Labute approximate surface area is 217 Å². The third-order valence-corrected chi connectivity index (χ3v) is 6.92. The van der Waals surface area contributed by atoms with E-state index in [1.165, 1.54) is 12.8 Å². The van der Waals surface area contributed by atoms with Gasteiger partial charge in [-0.2, -0.15) is 5.10 Å². The van der Waals surface area contributed by atoms with Crippen LogP contribution in [0.15, 0.2) is 60.9 Å². The number of pyridine rings is 1. The van der Waals surface area contributed by atoms with Gasteiger partial charge in [0.2, 0.25) is 5.91 Å². The van der Waals surface area contributed by atoms with E-state index in [1.807, 2.05) is 49.4 Å². The van der Waals surface area contributed by atoms with Gasteiger partial charge in [0, 0.05) is 61.7 Å². The molecular formula is C29H33N5O3. The van der Waals surface area contributed by atoms with Crippen LogP contribution >= 0.6 is 0 Å². The molecule has 1 atom stereocenters. The summed E-state index contributed by atoms with van der Waals surface area (Å²) in [5, 5.41) is 10.2. The molecule has 1 saturated heterocycles. The Bertz CT molecular complexity index is 1270. The van der Waals surface area contributed by atoms with Gasteiger partial charge in [0.1, 0.15) is 0 Å². The van der Waals surface area contributed by atoms with Crippen molar-refractivity contribution < 1.29 is 14.3 Å². The second kappa shape index (κ2) is 11.6. The van der Waals surface area contributed by atoms with Gasteiger partial charge in [0.15, 0.2) is 11.6 Å². The van der Waals surface area contributed by atoms with Gasteiger partial charge in [-0.05, 0) is 48.6 Å². The fraction of sp³-hybridized carbons (Fsp3) is 0.379. The number of morpholine rings is 1. The molecule has 1 amide bonds. The van der Waals surface area contributed by atoms with E-state index in [1.54, 1.807) is 18.5 Å². The molecule has 5 rings (SSSR count). The van der Waals surface area contributed by atoms with Crippen molar-refractivity contribution in [1.29, 1.82) is 0 Å². The van der Waals surface area contributed by atoms with Crippen molar-refractivity contribution in [3.8, 4) is 11.1 Å². The number of aromatic nitrogens is 3. The number of amides is 1. The molecule has 2 aromatic heterocycles. The van der Waals surface area contributed by atoms with Crippen LogP contribution in [-0.4, -0.2) is 64.6 Å². The normalized spacial score (nSPS) is 17.1. The maximum Gasteiger partial charge on any atom is 0.232 e. The number of anilines is 1. The van der Waals surface area contributed by atoms with Gasteiger partial charge in [0.05, 0.1) is 19.1 Å². The number of hydrogen-bond donors (Lipinski definition) is 2. The molecule has 2 aliphatic rings. The van der Waals surface area contributed by atoms with Crippen molar-refractivity contribution in [2.24, 2.45) is 0 Å². The monoisotopic (exact) mass is 499 g/mol. The highest BCUT2D eigenvalue weighted by Gasteiger charge is 2.26. The lowest BCUT2D eigenvalue weighted by molar-refractivity contribution is -0.117. The van der Waals surface area contributed by atoms with Gasteiger partial charge in [-0.15, -0.1) is 0 Å². The standard InChI is InChI=1S/C29H33N5O3/c1-20(29(36)31-28-17-27(32-33-28)22-7-8-22)23-4-2-5-24(16-23)25-14-21(18-30-19-25)15-26(35)6-3-9-34-10-12-37-13-11-34/h2-6,14,16-20,22H,7-13,15H2,1H3,(H2,31,32,33,36)/b6-3+. The van der Waals surface area contributed by atoms with Gasteiger partial charge >= 0.3 is 0 Å². The van der Waals surface area contributed by atoms with E-state index in [0.717, 1.165) is 60.8 Å². The largest absolute Gasteiger partial charge is 0.379 e. The fourth-order valence-corrected chi connectivity index (χ4v) is 4.50. The smallest absolute Gasteiger partial charge is 0.232 e. The van der Waals surface area contributed by atoms with E-state index in [2.05, 4.69) is 25.4 Å². The van der Waals surface area contributed by atoms with Crippen LogP contribution in [0.2, 0.25) is 0 Å². The molecule has 1 unspecified atom stereocenters. The maximum atomic E-state index is 12.9. The van der Waals surface area contributed by atoms with E-state index in [-0.39, 0.29) is 17.6 Å². The highest BCUT2D eigenvalue weighted by atomic mass is 16.5. The summed E-state index contributed by atoms with van der Waals surface area (Å²) >= 11 is 0. The number of rotatable bonds is 10. The van der Waals surface area contributed by atoms with Crippen LogP contribution in [0, 0.1) is 0 Å². The maximum absolute atomic E-state index is 12.9. The van der Waals surface area contributed by atoms with Crippen LogP contribution in [0.4, 0.5) is 5.82 Å². The van der Waals surface area contributed by atoms with Crippen LogP contribution in [0.5, 0.6) is 0 Å². The lowest BCUT2D eigenvalue weighted by Crippen LogP contribution is -2.36. The Hall–Kier alpha value is -3.62. The van der Waals surface area contributed by atoms with Crippen molar-refractivity contribution in [2.45, 2.75) is 38.0 Å². The minimum Gasteiger partial charge on any atom is -0.379 e. The molecule has 2 N–H and O–H groups in total. The summed E-state index contributed by atoms with van der Waals surface area (Å²) in [5.74, 6) is 0.714. The number of allylic oxidation sites excluding steroid dienone is 1. The van der Waals surface area contributed by atoms with Crippen molar-refractivity contribution in [3.05, 3.63) is 77.8 Å². The average molecular weight is 500 g/mol. The van der Waals surface area contributed by atoms with Gasteiger partial charge in [-0.3, -0.25) is 24.6 Å². The molecule has 1 aliphatic carbocycles. The molecule has 192 valence electrons. The second-order valence-electron chi connectivity index (χ2n) is 9.86. The Balaban J connectivity index is 1.20. The molecule has 3 aromatic rings. The molecule has 1 aliphatic heterocycles. The predicted molar refractivity (Wildman–Crippen MR) is 142 cm³/mol. The number of benzene rings is 1. The number of carbonyl (C=O) groups is 2. The number of nitrogens with zero attached hydrogens (tertiary/aromatic N) is 3. The molecule has 1 aromatic carbocycles. The Morgan fingerprint density at radius 1 is 1.16 bits per heavy atom. The van der Waals surface area contributed by atoms with Crippen molar-refractivity contribution >= 4 is 17.5 Å². The first-order chi connectivity index (χ1) is 18.0. The minimum absolute atomic E-state index is 0.0504. The van der Waals surface area contributed by atoms with Crippen LogP contribution in [-0.2, 0) is 20.7 Å². The van der Waals surface area contributed by atoms with Crippen molar-refractivity contribution in [1.82, 2.24) is 20.1 Å². The van der Waals surface area contributed by atoms with Crippen LogP contribution in [0.3, 0.4) is 0 Å². The molecule has 0 radical (unpaired) electrons. The molecule has 0 bridgehead atoms. The number of aromatic amines is 1. The molecule has 3 heterocycles. The first-order valence-electron chi connectivity index (χ1n) is 12.9. The molecule has 37 heavy (non-hydrogen) atoms. The third-order valence-electron chi connectivity index (χ3n) is 6.92. The minimum atomic E-state index is -0.352. The third kappa shape index (κ3) is 6.78. The SMILES string of the molecule is CC(C(=O)Nc1cc(C2CC2)[nH]n1)c1cccc(-c2cncc(CC(=O)/C=C/CN3CCOCC3)c2)c1. The molecular weight excluding hydrogens is 466 g/mol. The summed E-state index contributed by atoms with van der Waals surface area (Å²) in [5.41, 5.74) is 4.72. The zero-order chi connectivity index (χ0) is 25.6. The summed E-state index contributed by atoms with van der Waals surface area (Å²) in [6.07, 6.45) is 9.76. The summed E-state index contributed by atoms with van der Waals surface area (Å²) in [4.78, 5) is 32.0. The van der Waals surface area contributed by atoms with Crippen LogP contribution < -0.4 is 5.32 Å². The predicted octanol–water partition coefficient (Wildman–Crippen LogP) is 4.09. The van der Waals surface area contributed by atoms with E-state index in [4.69, 9.17) is 4.74 Å².